The highest BCUT2D eigenvalue weighted by Gasteiger charge is 2.23. The van der Waals surface area contributed by atoms with Gasteiger partial charge in [0.1, 0.15) is 11.2 Å². The van der Waals surface area contributed by atoms with E-state index in [2.05, 4.69) is 13.2 Å². The predicted molar refractivity (Wildman–Crippen MR) is 90.0 cm³/mol. The molecule has 5 nitrogen and oxygen atoms in total. The van der Waals surface area contributed by atoms with E-state index in [9.17, 15) is 9.59 Å². The Kier molecular flexibility index (Phi) is 8.24. The van der Waals surface area contributed by atoms with E-state index in [1.807, 2.05) is 41.5 Å². The van der Waals surface area contributed by atoms with Crippen LogP contribution in [0.4, 0.5) is 0 Å². The van der Waals surface area contributed by atoms with Gasteiger partial charge in [0, 0.05) is 0 Å². The van der Waals surface area contributed by atoms with Crippen molar-refractivity contribution in [3.8, 4) is 0 Å². The van der Waals surface area contributed by atoms with Crippen LogP contribution < -0.4 is 0 Å². The van der Waals surface area contributed by atoms with Crippen molar-refractivity contribution in [3.63, 3.8) is 0 Å². The maximum absolute atomic E-state index is 11.8. The summed E-state index contributed by atoms with van der Waals surface area (Å²) in [5.41, 5.74) is -0.693. The fourth-order valence-corrected chi connectivity index (χ4v) is 1.21. The van der Waals surface area contributed by atoms with Gasteiger partial charge in [0.25, 0.3) is 0 Å². The third kappa shape index (κ3) is 8.55. The number of ether oxygens (including phenoxy) is 3. The van der Waals surface area contributed by atoms with E-state index in [0.717, 1.165) is 0 Å². The Morgan fingerprint density at radius 2 is 1.09 bits per heavy atom. The van der Waals surface area contributed by atoms with Gasteiger partial charge in [0.15, 0.2) is 0 Å². The number of rotatable bonds is 10. The molecule has 0 atom stereocenters. The maximum atomic E-state index is 11.8. The molecule has 0 unspecified atom stereocenters. The van der Waals surface area contributed by atoms with Crippen molar-refractivity contribution < 1.29 is 23.8 Å². The Bertz CT molecular complexity index is 418. The van der Waals surface area contributed by atoms with E-state index in [0.29, 0.717) is 12.8 Å². The Morgan fingerprint density at radius 3 is 1.35 bits per heavy atom. The molecule has 0 N–H and O–H groups in total. The van der Waals surface area contributed by atoms with Crippen molar-refractivity contribution in [2.45, 2.75) is 65.6 Å². The Morgan fingerprint density at radius 1 is 0.783 bits per heavy atom. The monoisotopic (exact) mass is 326 g/mol. The lowest BCUT2D eigenvalue weighted by atomic mass is 10.1. The third-order valence-corrected chi connectivity index (χ3v) is 3.57. The van der Waals surface area contributed by atoms with Gasteiger partial charge in [-0.2, -0.15) is 0 Å². The van der Waals surface area contributed by atoms with Crippen molar-refractivity contribution in [1.82, 2.24) is 0 Å². The first-order valence-electron chi connectivity index (χ1n) is 7.84. The molecule has 0 amide bonds. The Balaban J connectivity index is 4.24. The summed E-state index contributed by atoms with van der Waals surface area (Å²) in [6.45, 7) is 18.4. The van der Waals surface area contributed by atoms with Crippen LogP contribution in [0.1, 0.15) is 54.4 Å². The predicted octanol–water partition coefficient (Wildman–Crippen LogP) is 3.58. The fraction of sp³-hybridized carbons (Fsp3) is 0.667. The summed E-state index contributed by atoms with van der Waals surface area (Å²) >= 11 is 0. The molecule has 0 rings (SSSR count). The van der Waals surface area contributed by atoms with Crippen molar-refractivity contribution in [2.24, 2.45) is 0 Å². The second kappa shape index (κ2) is 8.87. The van der Waals surface area contributed by atoms with E-state index in [1.165, 1.54) is 0 Å². The van der Waals surface area contributed by atoms with Crippen LogP contribution in [0.25, 0.3) is 0 Å². The molecular weight excluding hydrogens is 296 g/mol. The van der Waals surface area contributed by atoms with Crippen LogP contribution >= 0.6 is 0 Å². The number of esters is 2. The smallest absolute Gasteiger partial charge is 0.336 e. The van der Waals surface area contributed by atoms with Crippen molar-refractivity contribution in [3.05, 3.63) is 24.3 Å². The Labute approximate surface area is 139 Å². The molecular formula is C18H30O5. The van der Waals surface area contributed by atoms with Crippen molar-refractivity contribution in [1.29, 1.82) is 0 Å². The van der Waals surface area contributed by atoms with Crippen LogP contribution in [0.5, 0.6) is 0 Å². The standard InChI is InChI=1S/C18H30O5/c1-9-17(5,6)22-15(19)13(3)11-21-12-14(4)16(20)23-18(7,8)10-2/h3-4,9-12H2,1-2,5-8H3. The molecule has 0 radical (unpaired) electrons. The number of hydrogen-bond acceptors (Lipinski definition) is 5. The van der Waals surface area contributed by atoms with Gasteiger partial charge in [-0.3, -0.25) is 0 Å². The third-order valence-electron chi connectivity index (χ3n) is 3.57. The first-order valence-corrected chi connectivity index (χ1v) is 7.84. The molecule has 0 bridgehead atoms. The fourth-order valence-electron chi connectivity index (χ4n) is 1.21. The summed E-state index contributed by atoms with van der Waals surface area (Å²) < 4.78 is 15.9. The van der Waals surface area contributed by atoms with Crippen LogP contribution in [0.2, 0.25) is 0 Å². The number of carbonyl (C=O) groups is 2. The molecule has 0 aromatic heterocycles. The molecule has 0 saturated heterocycles. The summed E-state index contributed by atoms with van der Waals surface area (Å²) in [7, 11) is 0. The second-order valence-electron chi connectivity index (χ2n) is 6.71. The second-order valence-corrected chi connectivity index (χ2v) is 6.71. The lowest BCUT2D eigenvalue weighted by molar-refractivity contribution is -0.152. The van der Waals surface area contributed by atoms with Crippen molar-refractivity contribution in [2.75, 3.05) is 13.2 Å². The zero-order chi connectivity index (χ0) is 18.3. The quantitative estimate of drug-likeness (QED) is 0.453. The molecule has 0 aliphatic rings. The molecule has 0 aromatic rings. The zero-order valence-corrected chi connectivity index (χ0v) is 15.3. The lowest BCUT2D eigenvalue weighted by Gasteiger charge is -2.24. The van der Waals surface area contributed by atoms with Gasteiger partial charge in [-0.1, -0.05) is 27.0 Å². The molecule has 0 spiro atoms. The van der Waals surface area contributed by atoms with Crippen molar-refractivity contribution >= 4 is 11.9 Å². The SMILES string of the molecule is C=C(COCC(=C)C(=O)OC(C)(C)CC)C(=O)OC(C)(C)CC. The first kappa shape index (κ1) is 21.4. The normalized spacial score (nSPS) is 11.7. The molecule has 0 aliphatic carbocycles. The molecule has 0 aromatic carbocycles. The molecule has 0 saturated carbocycles. The lowest BCUT2D eigenvalue weighted by Crippen LogP contribution is -2.29. The van der Waals surface area contributed by atoms with E-state index in [4.69, 9.17) is 14.2 Å². The van der Waals surface area contributed by atoms with E-state index < -0.39 is 23.1 Å². The Hall–Kier alpha value is -1.62. The first-order chi connectivity index (χ1) is 10.4. The van der Waals surface area contributed by atoms with Crippen LogP contribution in [0.15, 0.2) is 24.3 Å². The largest absolute Gasteiger partial charge is 0.456 e. The highest BCUT2D eigenvalue weighted by molar-refractivity contribution is 5.89. The minimum Gasteiger partial charge on any atom is -0.456 e. The van der Waals surface area contributed by atoms with Crippen LogP contribution in [-0.2, 0) is 23.8 Å². The highest BCUT2D eigenvalue weighted by Crippen LogP contribution is 2.17. The average molecular weight is 326 g/mol. The molecule has 132 valence electrons. The highest BCUT2D eigenvalue weighted by atomic mass is 16.6. The molecule has 0 aliphatic heterocycles. The maximum Gasteiger partial charge on any atom is 0.336 e. The summed E-state index contributed by atoms with van der Waals surface area (Å²) in [5.74, 6) is -1.01. The summed E-state index contributed by atoms with van der Waals surface area (Å²) in [4.78, 5) is 23.7. The topological polar surface area (TPSA) is 61.8 Å². The van der Waals surface area contributed by atoms with E-state index >= 15 is 0 Å². The number of hydrogen-bond donors (Lipinski definition) is 0. The van der Waals surface area contributed by atoms with E-state index in [-0.39, 0.29) is 24.4 Å². The minimum atomic E-state index is -0.542. The van der Waals surface area contributed by atoms with Crippen LogP contribution in [0, 0.1) is 0 Å². The van der Waals surface area contributed by atoms with Gasteiger partial charge in [0.05, 0.1) is 24.4 Å². The van der Waals surface area contributed by atoms with Crippen LogP contribution in [0.3, 0.4) is 0 Å². The average Bonchev–Trinajstić information content (AvgIpc) is 2.45. The molecule has 0 fully saturated rings. The summed E-state index contributed by atoms with van der Waals surface area (Å²) in [6, 6.07) is 0. The summed E-state index contributed by atoms with van der Waals surface area (Å²) in [6.07, 6.45) is 1.39. The minimum absolute atomic E-state index is 0.0257. The van der Waals surface area contributed by atoms with Gasteiger partial charge in [-0.05, 0) is 40.5 Å². The van der Waals surface area contributed by atoms with Gasteiger partial charge in [-0.15, -0.1) is 0 Å². The van der Waals surface area contributed by atoms with Gasteiger partial charge < -0.3 is 14.2 Å². The van der Waals surface area contributed by atoms with Gasteiger partial charge in [0.2, 0.25) is 0 Å². The number of carbonyl (C=O) groups excluding carboxylic acids is 2. The summed E-state index contributed by atoms with van der Waals surface area (Å²) in [5, 5.41) is 0. The molecule has 0 heterocycles. The molecule has 23 heavy (non-hydrogen) atoms. The van der Waals surface area contributed by atoms with Gasteiger partial charge in [-0.25, -0.2) is 9.59 Å². The zero-order valence-electron chi connectivity index (χ0n) is 15.3. The molecule has 5 heteroatoms. The van der Waals surface area contributed by atoms with Crippen LogP contribution in [-0.4, -0.2) is 36.4 Å². The van der Waals surface area contributed by atoms with Gasteiger partial charge >= 0.3 is 11.9 Å². The van der Waals surface area contributed by atoms with E-state index in [1.54, 1.807) is 0 Å².